The molecule has 1 saturated heterocycles. The summed E-state index contributed by atoms with van der Waals surface area (Å²) in [5, 5.41) is 2.85. The number of aryl methyl sites for hydroxylation is 1. The molecular weight excluding hydrogens is 468 g/mol. The van der Waals surface area contributed by atoms with Crippen molar-refractivity contribution in [3.63, 3.8) is 0 Å². The monoisotopic (exact) mass is 494 g/mol. The Morgan fingerprint density at radius 3 is 2.24 bits per heavy atom. The molecule has 0 unspecified atom stereocenters. The number of hydrogen-bond acceptors (Lipinski definition) is 8. The summed E-state index contributed by atoms with van der Waals surface area (Å²) in [5.41, 5.74) is 6.78. The highest BCUT2D eigenvalue weighted by atomic mass is 32.2. The summed E-state index contributed by atoms with van der Waals surface area (Å²) in [4.78, 5) is 38.6. The lowest BCUT2D eigenvalue weighted by molar-refractivity contribution is -0.117. The van der Waals surface area contributed by atoms with Crippen molar-refractivity contribution in [2.24, 2.45) is 5.73 Å². The van der Waals surface area contributed by atoms with Crippen molar-refractivity contribution in [1.82, 2.24) is 9.21 Å². The van der Waals surface area contributed by atoms with Crippen LogP contribution in [0.3, 0.4) is 0 Å². The summed E-state index contributed by atoms with van der Waals surface area (Å²) in [6.07, 6.45) is 0. The fourth-order valence-electron chi connectivity index (χ4n) is 3.54. The summed E-state index contributed by atoms with van der Waals surface area (Å²) in [6, 6.07) is 6.69. The molecule has 0 bridgehead atoms. The predicted octanol–water partition coefficient (Wildman–Crippen LogP) is 1.20. The van der Waals surface area contributed by atoms with Crippen LogP contribution < -0.4 is 11.1 Å². The molecule has 2 heterocycles. The van der Waals surface area contributed by atoms with Gasteiger partial charge in [-0.25, -0.2) is 13.2 Å². The van der Waals surface area contributed by atoms with Crippen molar-refractivity contribution in [2.45, 2.75) is 18.7 Å². The SMILES string of the molecule is COC(=O)c1c(NC(=O)CN2CCN(S(=O)(=O)c3ccc(C)cc3)CC2)sc(C(N)=O)c1C. The molecule has 1 aliphatic heterocycles. The topological polar surface area (TPSA) is 139 Å². The second-order valence-electron chi connectivity index (χ2n) is 7.66. The molecule has 0 aliphatic carbocycles. The first kappa shape index (κ1) is 24.8. The Morgan fingerprint density at radius 1 is 1.09 bits per heavy atom. The van der Waals surface area contributed by atoms with Crippen LogP contribution in [0, 0.1) is 13.8 Å². The minimum Gasteiger partial charge on any atom is -0.465 e. The van der Waals surface area contributed by atoms with Gasteiger partial charge in [-0.15, -0.1) is 11.3 Å². The standard InChI is InChI=1S/C21H26N4O6S2/c1-13-4-6-15(7-5-13)33(29,30)25-10-8-24(9-11-25)12-16(26)23-20-17(21(28)31-3)14(2)18(32-20)19(22)27/h4-7H,8-12H2,1-3H3,(H2,22,27)(H,23,26). The molecule has 2 amide bonds. The van der Waals surface area contributed by atoms with Crippen molar-refractivity contribution < 1.29 is 27.5 Å². The van der Waals surface area contributed by atoms with Crippen LogP contribution in [-0.2, 0) is 19.6 Å². The van der Waals surface area contributed by atoms with Crippen molar-refractivity contribution in [3.05, 3.63) is 45.8 Å². The first-order valence-electron chi connectivity index (χ1n) is 10.1. The Hall–Kier alpha value is -2.80. The summed E-state index contributed by atoms with van der Waals surface area (Å²) in [5.74, 6) is -1.78. The number of benzene rings is 1. The summed E-state index contributed by atoms with van der Waals surface area (Å²) < 4.78 is 31.8. The zero-order chi connectivity index (χ0) is 24.3. The first-order chi connectivity index (χ1) is 15.5. The fourth-order valence-corrected chi connectivity index (χ4v) is 6.03. The van der Waals surface area contributed by atoms with Gasteiger partial charge in [0, 0.05) is 26.2 Å². The smallest absolute Gasteiger partial charge is 0.341 e. The van der Waals surface area contributed by atoms with E-state index in [-0.39, 0.29) is 40.0 Å². The van der Waals surface area contributed by atoms with E-state index >= 15 is 0 Å². The van der Waals surface area contributed by atoms with Crippen LogP contribution in [0.4, 0.5) is 5.00 Å². The third-order valence-corrected chi connectivity index (χ3v) is 8.50. The minimum absolute atomic E-state index is 0.00187. The number of rotatable bonds is 7. The molecular formula is C21H26N4O6S2. The number of sulfonamides is 1. The maximum atomic E-state index is 12.8. The Morgan fingerprint density at radius 2 is 1.70 bits per heavy atom. The van der Waals surface area contributed by atoms with Crippen LogP contribution in [0.2, 0.25) is 0 Å². The highest BCUT2D eigenvalue weighted by molar-refractivity contribution is 7.89. The number of nitrogens with zero attached hydrogens (tertiary/aromatic N) is 2. The van der Waals surface area contributed by atoms with Crippen LogP contribution >= 0.6 is 11.3 Å². The van der Waals surface area contributed by atoms with Gasteiger partial charge in [-0.3, -0.25) is 14.5 Å². The van der Waals surface area contributed by atoms with Gasteiger partial charge in [0.1, 0.15) is 5.00 Å². The Kier molecular flexibility index (Phi) is 7.52. The molecule has 2 aromatic rings. The van der Waals surface area contributed by atoms with Crippen molar-refractivity contribution >= 4 is 44.1 Å². The van der Waals surface area contributed by atoms with Crippen molar-refractivity contribution in [3.8, 4) is 0 Å². The highest BCUT2D eigenvalue weighted by Gasteiger charge is 2.30. The van der Waals surface area contributed by atoms with Gasteiger partial charge in [-0.1, -0.05) is 17.7 Å². The number of ether oxygens (including phenoxy) is 1. The van der Waals surface area contributed by atoms with E-state index in [0.29, 0.717) is 18.7 Å². The van der Waals surface area contributed by atoms with Crippen LogP contribution in [0.15, 0.2) is 29.2 Å². The zero-order valence-electron chi connectivity index (χ0n) is 18.6. The van der Waals surface area contributed by atoms with Crippen LogP contribution in [0.1, 0.15) is 31.2 Å². The number of anilines is 1. The average molecular weight is 495 g/mol. The van der Waals surface area contributed by atoms with E-state index in [0.717, 1.165) is 16.9 Å². The Bertz CT molecular complexity index is 1170. The number of nitrogens with one attached hydrogen (secondary N) is 1. The van der Waals surface area contributed by atoms with Gasteiger partial charge in [0.25, 0.3) is 5.91 Å². The van der Waals surface area contributed by atoms with E-state index in [1.54, 1.807) is 31.2 Å². The molecule has 0 atom stereocenters. The second-order valence-corrected chi connectivity index (χ2v) is 10.6. The number of primary amides is 1. The number of carbonyl (C=O) groups excluding carboxylic acids is 3. The zero-order valence-corrected chi connectivity index (χ0v) is 20.2. The fraction of sp³-hybridized carbons (Fsp3) is 0.381. The van der Waals surface area contributed by atoms with Gasteiger partial charge in [0.05, 0.1) is 29.0 Å². The van der Waals surface area contributed by atoms with Gasteiger partial charge in [0.2, 0.25) is 15.9 Å². The van der Waals surface area contributed by atoms with E-state index in [2.05, 4.69) is 5.32 Å². The summed E-state index contributed by atoms with van der Waals surface area (Å²) in [6.45, 7) is 4.70. The summed E-state index contributed by atoms with van der Waals surface area (Å²) in [7, 11) is -2.39. The van der Waals surface area contributed by atoms with Crippen molar-refractivity contribution in [1.29, 1.82) is 0 Å². The molecule has 0 radical (unpaired) electrons. The molecule has 3 N–H and O–H groups in total. The number of carbonyl (C=O) groups is 3. The van der Waals surface area contributed by atoms with Gasteiger partial charge in [-0.2, -0.15) is 4.31 Å². The molecule has 12 heteroatoms. The Balaban J connectivity index is 1.63. The second kappa shape index (κ2) is 10.00. The Labute approximate surface area is 196 Å². The molecule has 1 aliphatic rings. The molecule has 0 saturated carbocycles. The van der Waals surface area contributed by atoms with Crippen molar-refractivity contribution in [2.75, 3.05) is 45.2 Å². The number of esters is 1. The van der Waals surface area contributed by atoms with E-state index in [4.69, 9.17) is 10.5 Å². The first-order valence-corrected chi connectivity index (χ1v) is 12.4. The molecule has 0 spiro atoms. The molecule has 178 valence electrons. The van der Waals surface area contributed by atoms with Gasteiger partial charge in [0.15, 0.2) is 0 Å². The van der Waals surface area contributed by atoms with E-state index < -0.39 is 27.8 Å². The number of amides is 2. The maximum absolute atomic E-state index is 12.8. The number of nitrogens with two attached hydrogens (primary N) is 1. The lowest BCUT2D eigenvalue weighted by Crippen LogP contribution is -2.50. The number of piperazine rings is 1. The molecule has 1 fully saturated rings. The number of thiophene rings is 1. The van der Waals surface area contributed by atoms with Crippen LogP contribution in [0.5, 0.6) is 0 Å². The quantitative estimate of drug-likeness (QED) is 0.551. The van der Waals surface area contributed by atoms with Crippen LogP contribution in [-0.4, -0.2) is 75.2 Å². The van der Waals surface area contributed by atoms with E-state index in [1.807, 2.05) is 11.8 Å². The average Bonchev–Trinajstić information content (AvgIpc) is 3.09. The highest BCUT2D eigenvalue weighted by Crippen LogP contribution is 2.33. The van der Waals surface area contributed by atoms with Gasteiger partial charge >= 0.3 is 5.97 Å². The van der Waals surface area contributed by atoms with Crippen LogP contribution in [0.25, 0.3) is 0 Å². The molecule has 10 nitrogen and oxygen atoms in total. The largest absolute Gasteiger partial charge is 0.465 e. The number of methoxy groups -OCH3 is 1. The minimum atomic E-state index is -3.59. The van der Waals surface area contributed by atoms with E-state index in [1.165, 1.54) is 11.4 Å². The van der Waals surface area contributed by atoms with Gasteiger partial charge in [-0.05, 0) is 31.5 Å². The molecule has 33 heavy (non-hydrogen) atoms. The predicted molar refractivity (Wildman–Crippen MR) is 124 cm³/mol. The number of hydrogen-bond donors (Lipinski definition) is 2. The molecule has 3 rings (SSSR count). The third kappa shape index (κ3) is 5.41. The third-order valence-electron chi connectivity index (χ3n) is 5.37. The molecule has 1 aromatic heterocycles. The lowest BCUT2D eigenvalue weighted by Gasteiger charge is -2.33. The summed E-state index contributed by atoms with van der Waals surface area (Å²) >= 11 is 0.917. The normalized spacial score (nSPS) is 15.2. The van der Waals surface area contributed by atoms with Gasteiger partial charge < -0.3 is 15.8 Å². The lowest BCUT2D eigenvalue weighted by atomic mass is 10.1. The maximum Gasteiger partial charge on any atom is 0.341 e. The van der Waals surface area contributed by atoms with E-state index in [9.17, 15) is 22.8 Å². The molecule has 1 aromatic carbocycles.